The fourth-order valence-corrected chi connectivity index (χ4v) is 3.67. The lowest BCUT2D eigenvalue weighted by atomic mass is 10.2. The number of rotatable bonds is 4. The zero-order chi connectivity index (χ0) is 22.2. The molecule has 0 aliphatic rings. The molecule has 0 unspecified atom stereocenters. The lowest BCUT2D eigenvalue weighted by Crippen LogP contribution is -2.17. The zero-order valence-electron chi connectivity index (χ0n) is 15.3. The summed E-state index contributed by atoms with van der Waals surface area (Å²) < 4.78 is 42.3. The Balaban J connectivity index is 1.62. The molecule has 0 bridgehead atoms. The quantitative estimate of drug-likeness (QED) is 0.314. The number of halogens is 3. The summed E-state index contributed by atoms with van der Waals surface area (Å²) in [7, 11) is 0. The lowest BCUT2D eigenvalue weighted by Gasteiger charge is -2.10. The van der Waals surface area contributed by atoms with E-state index in [1.165, 1.54) is 29.5 Å². The smallest absolute Gasteiger partial charge is 0.508 e. The summed E-state index contributed by atoms with van der Waals surface area (Å²) in [6.45, 7) is 0. The Hall–Kier alpha value is -3.86. The number of thiazole rings is 1. The summed E-state index contributed by atoms with van der Waals surface area (Å²) in [6.07, 6.45) is -4.98. The van der Waals surface area contributed by atoms with Gasteiger partial charge in [-0.15, -0.1) is 34.7 Å². The predicted octanol–water partition coefficient (Wildman–Crippen LogP) is 6.39. The van der Waals surface area contributed by atoms with Gasteiger partial charge in [0.25, 0.3) is 0 Å². The van der Waals surface area contributed by atoms with Crippen LogP contribution in [0.3, 0.4) is 0 Å². The molecule has 0 radical (unpaired) electrons. The van der Waals surface area contributed by atoms with E-state index in [0.29, 0.717) is 16.1 Å². The van der Waals surface area contributed by atoms with Gasteiger partial charge < -0.3 is 20.1 Å². The maximum Gasteiger partial charge on any atom is 0.573 e. The molecule has 3 aromatic carbocycles. The Kier molecular flexibility index (Phi) is 5.11. The van der Waals surface area contributed by atoms with E-state index in [1.54, 1.807) is 18.2 Å². The van der Waals surface area contributed by atoms with Gasteiger partial charge in [0, 0.05) is 11.6 Å². The number of phenols is 3. The van der Waals surface area contributed by atoms with E-state index in [1.807, 2.05) is 0 Å². The normalized spacial score (nSPS) is 12.0. The van der Waals surface area contributed by atoms with Crippen LogP contribution in [0.5, 0.6) is 23.0 Å². The predicted molar refractivity (Wildman–Crippen MR) is 107 cm³/mol. The van der Waals surface area contributed by atoms with Gasteiger partial charge in [0.15, 0.2) is 5.75 Å². The number of hydrogen-bond acceptors (Lipinski definition) is 8. The van der Waals surface area contributed by atoms with E-state index in [0.717, 1.165) is 22.9 Å². The van der Waals surface area contributed by atoms with Crippen molar-refractivity contribution in [3.8, 4) is 33.6 Å². The highest BCUT2D eigenvalue weighted by Gasteiger charge is 2.32. The first-order valence-corrected chi connectivity index (χ1v) is 9.43. The molecule has 31 heavy (non-hydrogen) atoms. The van der Waals surface area contributed by atoms with Gasteiger partial charge in [-0.05, 0) is 48.5 Å². The lowest BCUT2D eigenvalue weighted by molar-refractivity contribution is -0.274. The third-order valence-electron chi connectivity index (χ3n) is 4.03. The molecule has 0 saturated heterocycles. The number of benzene rings is 3. The second-order valence-electron chi connectivity index (χ2n) is 6.27. The minimum atomic E-state index is -4.98. The molecular formula is C20H12F3N3O4S. The van der Waals surface area contributed by atoms with Crippen LogP contribution in [0, 0.1) is 0 Å². The van der Waals surface area contributed by atoms with E-state index < -0.39 is 17.9 Å². The highest BCUT2D eigenvalue weighted by Crippen LogP contribution is 2.39. The van der Waals surface area contributed by atoms with Crippen molar-refractivity contribution >= 4 is 32.9 Å². The van der Waals surface area contributed by atoms with Gasteiger partial charge in [-0.1, -0.05) is 0 Å². The fraction of sp³-hybridized carbons (Fsp3) is 0.0500. The molecule has 158 valence electrons. The molecule has 0 saturated carbocycles. The van der Waals surface area contributed by atoms with Gasteiger partial charge in [-0.2, -0.15) is 0 Å². The minimum Gasteiger partial charge on any atom is -0.508 e. The van der Waals surface area contributed by atoms with Gasteiger partial charge in [-0.3, -0.25) is 0 Å². The van der Waals surface area contributed by atoms with Crippen LogP contribution in [0.15, 0.2) is 64.8 Å². The van der Waals surface area contributed by atoms with Crippen molar-refractivity contribution in [2.45, 2.75) is 6.36 Å². The van der Waals surface area contributed by atoms with E-state index in [2.05, 4.69) is 19.9 Å². The summed E-state index contributed by atoms with van der Waals surface area (Å²) in [4.78, 5) is 4.44. The first-order valence-electron chi connectivity index (χ1n) is 8.61. The van der Waals surface area contributed by atoms with Crippen LogP contribution in [-0.4, -0.2) is 26.7 Å². The molecule has 4 rings (SSSR count). The molecule has 1 heterocycles. The summed E-state index contributed by atoms with van der Waals surface area (Å²) in [5, 5.41) is 37.3. The Morgan fingerprint density at radius 2 is 1.52 bits per heavy atom. The first-order chi connectivity index (χ1) is 14.7. The molecule has 0 aliphatic carbocycles. The second kappa shape index (κ2) is 7.76. The largest absolute Gasteiger partial charge is 0.573 e. The van der Waals surface area contributed by atoms with E-state index in [9.17, 15) is 28.5 Å². The Bertz CT molecular complexity index is 1300. The number of fused-ring (bicyclic) bond motifs is 1. The highest BCUT2D eigenvalue weighted by molar-refractivity contribution is 7.21. The topological polar surface area (TPSA) is 108 Å². The third-order valence-corrected chi connectivity index (χ3v) is 5.10. The van der Waals surface area contributed by atoms with Crippen molar-refractivity contribution in [3.63, 3.8) is 0 Å². The Morgan fingerprint density at radius 1 is 0.839 bits per heavy atom. The summed E-state index contributed by atoms with van der Waals surface area (Å²) >= 11 is 1.31. The summed E-state index contributed by atoms with van der Waals surface area (Å²) in [5.74, 6) is -1.32. The van der Waals surface area contributed by atoms with Crippen LogP contribution in [0.25, 0.3) is 20.8 Å². The molecule has 0 spiro atoms. The number of ether oxygens (including phenoxy) is 1. The average molecular weight is 447 g/mol. The number of aromatic nitrogens is 1. The van der Waals surface area contributed by atoms with E-state index >= 15 is 0 Å². The van der Waals surface area contributed by atoms with E-state index in [-0.39, 0.29) is 22.9 Å². The van der Waals surface area contributed by atoms with Crippen molar-refractivity contribution in [1.82, 2.24) is 4.98 Å². The summed E-state index contributed by atoms with van der Waals surface area (Å²) in [6, 6.07) is 12.2. The maximum absolute atomic E-state index is 12.6. The van der Waals surface area contributed by atoms with Crippen LogP contribution in [-0.2, 0) is 0 Å². The van der Waals surface area contributed by atoms with Crippen molar-refractivity contribution in [2.24, 2.45) is 10.2 Å². The number of hydrogen-bond donors (Lipinski definition) is 3. The molecular weight excluding hydrogens is 435 g/mol. The number of aromatic hydroxyl groups is 3. The molecule has 0 atom stereocenters. The van der Waals surface area contributed by atoms with Gasteiger partial charge in [0.05, 0.1) is 10.2 Å². The molecule has 1 aromatic heterocycles. The van der Waals surface area contributed by atoms with Crippen molar-refractivity contribution in [3.05, 3.63) is 54.6 Å². The average Bonchev–Trinajstić information content (AvgIpc) is 3.10. The number of nitrogens with zero attached hydrogens (tertiary/aromatic N) is 3. The number of azo groups is 1. The van der Waals surface area contributed by atoms with Crippen LogP contribution < -0.4 is 4.74 Å². The van der Waals surface area contributed by atoms with Crippen LogP contribution in [0.4, 0.5) is 24.5 Å². The monoisotopic (exact) mass is 447 g/mol. The molecule has 11 heteroatoms. The van der Waals surface area contributed by atoms with Crippen molar-refractivity contribution in [1.29, 1.82) is 0 Å². The molecule has 0 aliphatic heterocycles. The molecule has 0 fully saturated rings. The minimum absolute atomic E-state index is 0.00791. The number of alkyl halides is 3. The SMILES string of the molecule is Oc1ccc(N=Nc2ccc(-c3nc4ccc(O)cc4s3)cc2O)c(OC(F)(F)F)c1. The fourth-order valence-electron chi connectivity index (χ4n) is 2.68. The molecule has 0 amide bonds. The number of phenolic OH excluding ortho intramolecular Hbond substituents is 3. The standard InChI is InChI=1S/C20H12F3N3O4S/c21-20(22,23)30-17-8-11(27)2-5-14(17)26-25-13-4-1-10(7-16(13)29)19-24-15-6-3-12(28)9-18(15)31-19/h1-9,27-29H. The summed E-state index contributed by atoms with van der Waals surface area (Å²) in [5.41, 5.74) is 0.992. The molecule has 4 aromatic rings. The maximum atomic E-state index is 12.6. The van der Waals surface area contributed by atoms with Crippen molar-refractivity contribution < 1.29 is 33.2 Å². The molecule has 3 N–H and O–H groups in total. The van der Waals surface area contributed by atoms with Crippen LogP contribution in [0.1, 0.15) is 0 Å². The van der Waals surface area contributed by atoms with Gasteiger partial charge >= 0.3 is 6.36 Å². The molecule has 7 nitrogen and oxygen atoms in total. The third kappa shape index (κ3) is 4.67. The second-order valence-corrected chi connectivity index (χ2v) is 7.31. The Labute approximate surface area is 176 Å². The highest BCUT2D eigenvalue weighted by atomic mass is 32.1. The van der Waals surface area contributed by atoms with Crippen LogP contribution >= 0.6 is 11.3 Å². The van der Waals surface area contributed by atoms with E-state index in [4.69, 9.17) is 0 Å². The van der Waals surface area contributed by atoms with Gasteiger partial charge in [0.2, 0.25) is 0 Å². The van der Waals surface area contributed by atoms with Gasteiger partial charge in [0.1, 0.15) is 33.6 Å². The zero-order valence-corrected chi connectivity index (χ0v) is 16.1. The Morgan fingerprint density at radius 3 is 2.26 bits per heavy atom. The van der Waals surface area contributed by atoms with Gasteiger partial charge in [-0.25, -0.2) is 4.98 Å². The van der Waals surface area contributed by atoms with Crippen LogP contribution in [0.2, 0.25) is 0 Å². The van der Waals surface area contributed by atoms with Crippen molar-refractivity contribution in [2.75, 3.05) is 0 Å². The first kappa shape index (κ1) is 20.4.